The van der Waals surface area contributed by atoms with E-state index >= 15 is 0 Å². The quantitative estimate of drug-likeness (QED) is 0.494. The highest BCUT2D eigenvalue weighted by atomic mass is 127. The smallest absolute Gasteiger partial charge is 0.191 e. The van der Waals surface area contributed by atoms with E-state index in [0.717, 1.165) is 18.8 Å². The van der Waals surface area contributed by atoms with Crippen LogP contribution in [0.4, 0.5) is 0 Å². The minimum Gasteiger partial charge on any atom is -0.370 e. The summed E-state index contributed by atoms with van der Waals surface area (Å²) in [4.78, 5) is 6.53. The van der Waals surface area contributed by atoms with Gasteiger partial charge in [0.2, 0.25) is 0 Å². The molecule has 0 bridgehead atoms. The van der Waals surface area contributed by atoms with Gasteiger partial charge in [0.1, 0.15) is 0 Å². The topological polar surface area (TPSA) is 67.4 Å². The number of halogens is 1. The molecule has 1 aliphatic heterocycles. The second-order valence-corrected chi connectivity index (χ2v) is 4.58. The predicted octanol–water partition coefficient (Wildman–Crippen LogP) is 1.64. The maximum Gasteiger partial charge on any atom is 0.191 e. The van der Waals surface area contributed by atoms with Crippen LogP contribution in [0.25, 0.3) is 0 Å². The number of rotatable bonds is 2. The number of nitrogens with two attached hydrogens (primary N) is 1. The largest absolute Gasteiger partial charge is 0.370 e. The molecule has 1 aromatic rings. The molecule has 0 aromatic carbocycles. The molecule has 100 valence electrons. The number of hydrogen-bond donors (Lipinski definition) is 1. The first-order valence-corrected chi connectivity index (χ1v) is 6.07. The number of aromatic nitrogens is 2. The standard InChI is InChI=1S/C12H19N5.HI/c1-10-4-3-7-17(9-10)12(13)14-8-11-5-2-6-15-16-11;/h2,5-6,10H,3-4,7-9H2,1H3,(H2,13,14);1H. The molecule has 0 aliphatic carbocycles. The fraction of sp³-hybridized carbons (Fsp3) is 0.583. The van der Waals surface area contributed by atoms with Crippen LogP contribution in [0.15, 0.2) is 23.3 Å². The van der Waals surface area contributed by atoms with Crippen molar-refractivity contribution in [1.82, 2.24) is 15.1 Å². The van der Waals surface area contributed by atoms with E-state index in [1.54, 1.807) is 6.20 Å². The van der Waals surface area contributed by atoms with Gasteiger partial charge in [-0.3, -0.25) is 0 Å². The van der Waals surface area contributed by atoms with Crippen LogP contribution in [0.2, 0.25) is 0 Å². The van der Waals surface area contributed by atoms with Gasteiger partial charge in [0.25, 0.3) is 0 Å². The Bertz CT molecular complexity index is 381. The van der Waals surface area contributed by atoms with Gasteiger partial charge in [-0.15, -0.1) is 24.0 Å². The number of aliphatic imine (C=N–C) groups is 1. The minimum atomic E-state index is 0. The Morgan fingerprint density at radius 2 is 2.44 bits per heavy atom. The molecule has 2 rings (SSSR count). The highest BCUT2D eigenvalue weighted by molar-refractivity contribution is 14.0. The lowest BCUT2D eigenvalue weighted by atomic mass is 10.0. The van der Waals surface area contributed by atoms with Crippen molar-refractivity contribution in [3.05, 3.63) is 24.0 Å². The lowest BCUT2D eigenvalue weighted by molar-refractivity contribution is 0.270. The summed E-state index contributed by atoms with van der Waals surface area (Å²) in [5.41, 5.74) is 6.83. The van der Waals surface area contributed by atoms with E-state index in [9.17, 15) is 0 Å². The molecule has 1 aromatic heterocycles. The number of hydrogen-bond acceptors (Lipinski definition) is 3. The first kappa shape index (κ1) is 15.1. The third kappa shape index (κ3) is 4.40. The van der Waals surface area contributed by atoms with Crippen molar-refractivity contribution in [2.24, 2.45) is 16.6 Å². The second-order valence-electron chi connectivity index (χ2n) is 4.58. The van der Waals surface area contributed by atoms with Crippen LogP contribution in [0.1, 0.15) is 25.5 Å². The van der Waals surface area contributed by atoms with Crippen LogP contribution < -0.4 is 5.73 Å². The van der Waals surface area contributed by atoms with Crippen LogP contribution >= 0.6 is 24.0 Å². The van der Waals surface area contributed by atoms with Gasteiger partial charge in [-0.1, -0.05) is 6.92 Å². The monoisotopic (exact) mass is 361 g/mol. The number of guanidine groups is 1. The number of likely N-dealkylation sites (tertiary alicyclic amines) is 1. The van der Waals surface area contributed by atoms with Crippen molar-refractivity contribution in [1.29, 1.82) is 0 Å². The molecule has 2 N–H and O–H groups in total. The van der Waals surface area contributed by atoms with Crippen LogP contribution in [-0.4, -0.2) is 34.1 Å². The van der Waals surface area contributed by atoms with Crippen molar-refractivity contribution in [3.63, 3.8) is 0 Å². The summed E-state index contributed by atoms with van der Waals surface area (Å²) in [5, 5.41) is 7.79. The molecule has 1 saturated heterocycles. The van der Waals surface area contributed by atoms with E-state index in [1.165, 1.54) is 12.8 Å². The molecular weight excluding hydrogens is 341 g/mol. The molecule has 6 heteroatoms. The molecule has 5 nitrogen and oxygen atoms in total. The first-order chi connectivity index (χ1) is 8.25. The third-order valence-corrected chi connectivity index (χ3v) is 3.01. The highest BCUT2D eigenvalue weighted by Gasteiger charge is 2.17. The van der Waals surface area contributed by atoms with E-state index in [2.05, 4.69) is 27.0 Å². The van der Waals surface area contributed by atoms with E-state index in [0.29, 0.717) is 18.4 Å². The fourth-order valence-electron chi connectivity index (χ4n) is 2.08. The summed E-state index contributed by atoms with van der Waals surface area (Å²) in [6.45, 7) is 4.78. The van der Waals surface area contributed by atoms with Crippen LogP contribution in [0.3, 0.4) is 0 Å². The summed E-state index contributed by atoms with van der Waals surface area (Å²) in [6, 6.07) is 3.76. The van der Waals surface area contributed by atoms with Gasteiger partial charge in [0, 0.05) is 19.3 Å². The summed E-state index contributed by atoms with van der Waals surface area (Å²) in [7, 11) is 0. The van der Waals surface area contributed by atoms with Crippen molar-refractivity contribution in [2.45, 2.75) is 26.3 Å². The molecule has 0 saturated carbocycles. The molecule has 0 radical (unpaired) electrons. The van der Waals surface area contributed by atoms with Crippen LogP contribution in [-0.2, 0) is 6.54 Å². The van der Waals surface area contributed by atoms with Crippen LogP contribution in [0, 0.1) is 5.92 Å². The summed E-state index contributed by atoms with van der Waals surface area (Å²) < 4.78 is 0. The zero-order valence-corrected chi connectivity index (χ0v) is 12.9. The predicted molar refractivity (Wildman–Crippen MR) is 82.7 cm³/mol. The minimum absolute atomic E-state index is 0. The molecule has 1 fully saturated rings. The zero-order chi connectivity index (χ0) is 12.1. The molecular formula is C12H20IN5. The Hall–Kier alpha value is -0.920. The highest BCUT2D eigenvalue weighted by Crippen LogP contribution is 2.14. The lowest BCUT2D eigenvalue weighted by Gasteiger charge is -2.31. The number of piperidine rings is 1. The Morgan fingerprint density at radius 1 is 1.61 bits per heavy atom. The fourth-order valence-corrected chi connectivity index (χ4v) is 2.08. The first-order valence-electron chi connectivity index (χ1n) is 6.07. The zero-order valence-electron chi connectivity index (χ0n) is 10.6. The molecule has 0 spiro atoms. The van der Waals surface area contributed by atoms with E-state index in [1.807, 2.05) is 12.1 Å². The van der Waals surface area contributed by atoms with E-state index in [4.69, 9.17) is 5.73 Å². The van der Waals surface area contributed by atoms with E-state index in [-0.39, 0.29) is 24.0 Å². The molecule has 0 amide bonds. The molecule has 18 heavy (non-hydrogen) atoms. The Kier molecular flexibility index (Phi) is 6.31. The van der Waals surface area contributed by atoms with Gasteiger partial charge in [0.05, 0.1) is 12.2 Å². The van der Waals surface area contributed by atoms with Gasteiger partial charge in [-0.2, -0.15) is 10.2 Å². The SMILES string of the molecule is CC1CCCN(C(N)=NCc2cccnn2)C1.I. The van der Waals surface area contributed by atoms with E-state index < -0.39 is 0 Å². The molecule has 1 aliphatic rings. The Labute approximate surface area is 125 Å². The average Bonchev–Trinajstić information content (AvgIpc) is 2.37. The van der Waals surface area contributed by atoms with Gasteiger partial charge >= 0.3 is 0 Å². The summed E-state index contributed by atoms with van der Waals surface area (Å²) in [6.07, 6.45) is 4.14. The van der Waals surface area contributed by atoms with Gasteiger partial charge in [-0.25, -0.2) is 4.99 Å². The van der Waals surface area contributed by atoms with Crippen LogP contribution in [0.5, 0.6) is 0 Å². The van der Waals surface area contributed by atoms with Gasteiger partial charge in [-0.05, 0) is 30.9 Å². The molecule has 2 heterocycles. The summed E-state index contributed by atoms with van der Waals surface area (Å²) in [5.74, 6) is 1.33. The maximum atomic E-state index is 5.99. The van der Waals surface area contributed by atoms with Crippen molar-refractivity contribution >= 4 is 29.9 Å². The lowest BCUT2D eigenvalue weighted by Crippen LogP contribution is -2.43. The van der Waals surface area contributed by atoms with Gasteiger partial charge < -0.3 is 10.6 Å². The van der Waals surface area contributed by atoms with Crippen molar-refractivity contribution in [2.75, 3.05) is 13.1 Å². The van der Waals surface area contributed by atoms with Crippen molar-refractivity contribution < 1.29 is 0 Å². The Morgan fingerprint density at radius 3 is 3.11 bits per heavy atom. The second kappa shape index (κ2) is 7.50. The molecule has 1 unspecified atom stereocenters. The van der Waals surface area contributed by atoms with Crippen molar-refractivity contribution in [3.8, 4) is 0 Å². The Balaban J connectivity index is 0.00000162. The summed E-state index contributed by atoms with van der Waals surface area (Å²) >= 11 is 0. The third-order valence-electron chi connectivity index (χ3n) is 3.01. The maximum absolute atomic E-state index is 5.99. The number of nitrogens with zero attached hydrogens (tertiary/aromatic N) is 4. The molecule has 1 atom stereocenters. The van der Waals surface area contributed by atoms with Gasteiger partial charge in [0.15, 0.2) is 5.96 Å². The average molecular weight is 361 g/mol. The normalized spacial score (nSPS) is 20.4.